The van der Waals surface area contributed by atoms with E-state index in [-0.39, 0.29) is 29.7 Å². The molecule has 2 heterocycles. The Bertz CT molecular complexity index is 1360. The van der Waals surface area contributed by atoms with Gasteiger partial charge in [-0.05, 0) is 36.4 Å². The minimum absolute atomic E-state index is 0.149. The van der Waals surface area contributed by atoms with Gasteiger partial charge in [0.1, 0.15) is 12.2 Å². The second kappa shape index (κ2) is 9.65. The monoisotopic (exact) mass is 463 g/mol. The molecule has 4 rings (SSSR count). The molecule has 0 saturated carbocycles. The molecule has 0 fully saturated rings. The zero-order valence-electron chi connectivity index (χ0n) is 18.0. The summed E-state index contributed by atoms with van der Waals surface area (Å²) < 4.78 is 1.73. The van der Waals surface area contributed by atoms with Crippen LogP contribution in [0.1, 0.15) is 16.2 Å². The number of aryl methyl sites for hydroxylation is 1. The first kappa shape index (κ1) is 22.2. The second-order valence-electron chi connectivity index (χ2n) is 7.33. The first-order chi connectivity index (χ1) is 15.9. The minimum Gasteiger partial charge on any atom is -0.334 e. The molecule has 168 valence electrons. The highest BCUT2D eigenvalue weighted by Crippen LogP contribution is 2.16. The summed E-state index contributed by atoms with van der Waals surface area (Å²) in [5, 5.41) is 11.6. The number of aromatic nitrogens is 5. The van der Waals surface area contributed by atoms with E-state index in [1.165, 1.54) is 16.7 Å². The first-order valence-corrected chi connectivity index (χ1v) is 11.0. The Labute approximate surface area is 193 Å². The zero-order chi connectivity index (χ0) is 23.4. The molecular weight excluding hydrogens is 442 g/mol. The molecule has 2 aromatic carbocycles. The van der Waals surface area contributed by atoms with Crippen molar-refractivity contribution in [2.75, 3.05) is 18.1 Å². The predicted molar refractivity (Wildman–Crippen MR) is 125 cm³/mol. The molecule has 0 unspecified atom stereocenters. The summed E-state index contributed by atoms with van der Waals surface area (Å²) in [5.74, 6) is 0.165. The standard InChI is InChI=1S/C22H21N7O3S/c1-28(11-18-25-17-6-4-3-5-16(17)20(31)26-18)21(32)14-7-9-15(10-8-14)24-19(30)12-33-22-27-23-13-29(22)2/h3-10,13H,11-12H2,1-2H3,(H,24,30)(H,25,26,31). The van der Waals surface area contributed by atoms with E-state index in [1.807, 2.05) is 6.07 Å². The molecule has 0 bridgehead atoms. The molecule has 33 heavy (non-hydrogen) atoms. The second-order valence-corrected chi connectivity index (χ2v) is 8.27. The van der Waals surface area contributed by atoms with Gasteiger partial charge < -0.3 is 19.8 Å². The van der Waals surface area contributed by atoms with Gasteiger partial charge in [0.15, 0.2) is 5.16 Å². The lowest BCUT2D eigenvalue weighted by molar-refractivity contribution is -0.113. The Balaban J connectivity index is 1.36. The van der Waals surface area contributed by atoms with Crippen molar-refractivity contribution < 1.29 is 9.59 Å². The van der Waals surface area contributed by atoms with E-state index >= 15 is 0 Å². The maximum Gasteiger partial charge on any atom is 0.258 e. The molecule has 2 amide bonds. The fraction of sp³-hybridized carbons (Fsp3) is 0.182. The number of amides is 2. The highest BCUT2D eigenvalue weighted by atomic mass is 32.2. The van der Waals surface area contributed by atoms with Crippen molar-refractivity contribution in [3.63, 3.8) is 0 Å². The largest absolute Gasteiger partial charge is 0.334 e. The summed E-state index contributed by atoms with van der Waals surface area (Å²) >= 11 is 1.28. The number of benzene rings is 2. The average molecular weight is 464 g/mol. The third-order valence-corrected chi connectivity index (χ3v) is 5.85. The number of thioether (sulfide) groups is 1. The van der Waals surface area contributed by atoms with E-state index in [9.17, 15) is 14.4 Å². The lowest BCUT2D eigenvalue weighted by atomic mass is 10.2. The quantitative estimate of drug-likeness (QED) is 0.402. The van der Waals surface area contributed by atoms with Crippen molar-refractivity contribution in [2.24, 2.45) is 7.05 Å². The van der Waals surface area contributed by atoms with Gasteiger partial charge >= 0.3 is 0 Å². The van der Waals surface area contributed by atoms with E-state index < -0.39 is 0 Å². The van der Waals surface area contributed by atoms with Crippen LogP contribution in [0.15, 0.2) is 64.8 Å². The van der Waals surface area contributed by atoms with Crippen LogP contribution >= 0.6 is 11.8 Å². The molecule has 11 heteroatoms. The Morgan fingerprint density at radius 3 is 2.64 bits per heavy atom. The molecule has 0 spiro atoms. The number of anilines is 1. The highest BCUT2D eigenvalue weighted by molar-refractivity contribution is 7.99. The number of aromatic amines is 1. The third-order valence-electron chi connectivity index (χ3n) is 4.81. The summed E-state index contributed by atoms with van der Waals surface area (Å²) in [6.45, 7) is 0.149. The summed E-state index contributed by atoms with van der Waals surface area (Å²) in [4.78, 5) is 45.8. The van der Waals surface area contributed by atoms with Crippen LogP contribution < -0.4 is 10.9 Å². The van der Waals surface area contributed by atoms with E-state index in [4.69, 9.17) is 0 Å². The van der Waals surface area contributed by atoms with Crippen LogP contribution in [-0.4, -0.2) is 54.2 Å². The molecular formula is C22H21N7O3S. The van der Waals surface area contributed by atoms with Crippen LogP contribution in [0, 0.1) is 0 Å². The average Bonchev–Trinajstić information content (AvgIpc) is 3.22. The van der Waals surface area contributed by atoms with E-state index in [1.54, 1.807) is 67.5 Å². The molecule has 0 saturated heterocycles. The molecule has 0 aliphatic rings. The summed E-state index contributed by atoms with van der Waals surface area (Å²) in [5.41, 5.74) is 1.37. The molecule has 0 atom stereocenters. The van der Waals surface area contributed by atoms with Crippen molar-refractivity contribution in [2.45, 2.75) is 11.7 Å². The lowest BCUT2D eigenvalue weighted by Crippen LogP contribution is -2.28. The van der Waals surface area contributed by atoms with Gasteiger partial charge in [-0.15, -0.1) is 10.2 Å². The van der Waals surface area contributed by atoms with Crippen molar-refractivity contribution in [3.05, 3.63) is 76.6 Å². The fourth-order valence-electron chi connectivity index (χ4n) is 3.15. The van der Waals surface area contributed by atoms with E-state index in [0.29, 0.717) is 33.1 Å². The molecule has 0 radical (unpaired) electrons. The van der Waals surface area contributed by atoms with E-state index in [0.717, 1.165) is 0 Å². The van der Waals surface area contributed by atoms with Crippen LogP contribution in [0.5, 0.6) is 0 Å². The van der Waals surface area contributed by atoms with Gasteiger partial charge in [-0.25, -0.2) is 4.98 Å². The van der Waals surface area contributed by atoms with Crippen molar-refractivity contribution >= 4 is 40.2 Å². The Hall–Kier alpha value is -3.99. The van der Waals surface area contributed by atoms with Gasteiger partial charge in [0, 0.05) is 25.3 Å². The Morgan fingerprint density at radius 2 is 1.91 bits per heavy atom. The molecule has 2 N–H and O–H groups in total. The van der Waals surface area contributed by atoms with E-state index in [2.05, 4.69) is 25.5 Å². The van der Waals surface area contributed by atoms with Crippen LogP contribution in [0.3, 0.4) is 0 Å². The predicted octanol–water partition coefficient (Wildman–Crippen LogP) is 2.05. The highest BCUT2D eigenvalue weighted by Gasteiger charge is 2.14. The molecule has 0 aliphatic carbocycles. The number of fused-ring (bicyclic) bond motifs is 1. The number of nitrogens with zero attached hydrogens (tertiary/aromatic N) is 5. The fourth-order valence-corrected chi connectivity index (χ4v) is 3.84. The van der Waals surface area contributed by atoms with Gasteiger partial charge in [0.05, 0.1) is 23.2 Å². The van der Waals surface area contributed by atoms with Crippen LogP contribution in [0.25, 0.3) is 10.9 Å². The maximum absolute atomic E-state index is 12.8. The third kappa shape index (κ3) is 5.26. The Morgan fingerprint density at radius 1 is 1.15 bits per heavy atom. The summed E-state index contributed by atoms with van der Waals surface area (Å²) in [6.07, 6.45) is 1.57. The molecule has 0 aliphatic heterocycles. The number of hydrogen-bond acceptors (Lipinski definition) is 7. The zero-order valence-corrected chi connectivity index (χ0v) is 18.8. The van der Waals surface area contributed by atoms with Gasteiger partial charge in [0.25, 0.3) is 11.5 Å². The van der Waals surface area contributed by atoms with Gasteiger partial charge in [-0.3, -0.25) is 14.4 Å². The molecule has 4 aromatic rings. The normalized spacial score (nSPS) is 10.8. The van der Waals surface area contributed by atoms with Crippen LogP contribution in [0.4, 0.5) is 5.69 Å². The van der Waals surface area contributed by atoms with Crippen molar-refractivity contribution in [3.8, 4) is 0 Å². The van der Waals surface area contributed by atoms with Gasteiger partial charge in [-0.2, -0.15) is 0 Å². The summed E-state index contributed by atoms with van der Waals surface area (Å²) in [6, 6.07) is 13.7. The number of carbonyl (C=O) groups is 2. The number of para-hydroxylation sites is 1. The van der Waals surface area contributed by atoms with Crippen LogP contribution in [-0.2, 0) is 18.4 Å². The van der Waals surface area contributed by atoms with Crippen LogP contribution in [0.2, 0.25) is 0 Å². The first-order valence-electron chi connectivity index (χ1n) is 10.0. The van der Waals surface area contributed by atoms with Gasteiger partial charge in [0.2, 0.25) is 5.91 Å². The number of rotatable bonds is 7. The SMILES string of the molecule is CN(Cc1nc2ccccc2c(=O)[nH]1)C(=O)c1ccc(NC(=O)CSc2nncn2C)cc1. The number of hydrogen-bond donors (Lipinski definition) is 2. The molecule has 2 aromatic heterocycles. The Kier molecular flexibility index (Phi) is 6.50. The topological polar surface area (TPSA) is 126 Å². The molecule has 10 nitrogen and oxygen atoms in total. The number of carbonyl (C=O) groups excluding carboxylic acids is 2. The van der Waals surface area contributed by atoms with Gasteiger partial charge in [-0.1, -0.05) is 23.9 Å². The smallest absolute Gasteiger partial charge is 0.258 e. The lowest BCUT2D eigenvalue weighted by Gasteiger charge is -2.17. The summed E-state index contributed by atoms with van der Waals surface area (Å²) in [7, 11) is 3.44. The van der Waals surface area contributed by atoms with Crippen molar-refractivity contribution in [1.82, 2.24) is 29.6 Å². The number of H-pyrrole nitrogens is 1. The van der Waals surface area contributed by atoms with Crippen molar-refractivity contribution in [1.29, 1.82) is 0 Å². The minimum atomic E-state index is -0.242. The maximum atomic E-state index is 12.8. The number of nitrogens with one attached hydrogen (secondary N) is 2.